The van der Waals surface area contributed by atoms with Crippen LogP contribution in [0.4, 0.5) is 11.4 Å². The third-order valence-corrected chi connectivity index (χ3v) is 2.19. The van der Waals surface area contributed by atoms with Crippen molar-refractivity contribution in [2.24, 2.45) is 0 Å². The predicted octanol–water partition coefficient (Wildman–Crippen LogP) is 1.78. The number of alkyl halides is 1. The van der Waals surface area contributed by atoms with Crippen molar-refractivity contribution in [3.8, 4) is 0 Å². The first kappa shape index (κ1) is 10.6. The van der Waals surface area contributed by atoms with Crippen LogP contribution in [0.3, 0.4) is 0 Å². The lowest BCUT2D eigenvalue weighted by Crippen LogP contribution is -2.03. The van der Waals surface area contributed by atoms with Gasteiger partial charge in [0.2, 0.25) is 5.52 Å². The summed E-state index contributed by atoms with van der Waals surface area (Å²) in [5.74, 6) is 0.420. The van der Waals surface area contributed by atoms with E-state index in [1.54, 1.807) is 6.07 Å². The van der Waals surface area contributed by atoms with Crippen LogP contribution in [0.1, 0.15) is 0 Å². The van der Waals surface area contributed by atoms with Gasteiger partial charge in [-0.05, 0) is 16.4 Å². The molecule has 2 rings (SSSR count). The van der Waals surface area contributed by atoms with E-state index in [1.165, 1.54) is 6.07 Å². The average Bonchev–Trinajstić information content (AvgIpc) is 2.74. The van der Waals surface area contributed by atoms with E-state index < -0.39 is 4.92 Å². The summed E-state index contributed by atoms with van der Waals surface area (Å²) < 4.78 is 4.50. The summed E-state index contributed by atoms with van der Waals surface area (Å²) in [6.45, 7) is 0.529. The summed E-state index contributed by atoms with van der Waals surface area (Å²) in [4.78, 5) is 10.2. The summed E-state index contributed by atoms with van der Waals surface area (Å²) >= 11 is 5.53. The molecule has 0 radical (unpaired) electrons. The molecule has 0 bridgehead atoms. The molecule has 16 heavy (non-hydrogen) atoms. The zero-order valence-corrected chi connectivity index (χ0v) is 8.77. The van der Waals surface area contributed by atoms with E-state index in [0.29, 0.717) is 23.6 Å². The van der Waals surface area contributed by atoms with Gasteiger partial charge in [-0.3, -0.25) is 10.1 Å². The number of hydrogen-bond donors (Lipinski definition) is 1. The molecule has 0 fully saturated rings. The Hall–Kier alpha value is -1.89. The van der Waals surface area contributed by atoms with Crippen LogP contribution in [0, 0.1) is 10.1 Å². The van der Waals surface area contributed by atoms with Crippen molar-refractivity contribution in [1.29, 1.82) is 0 Å². The summed E-state index contributed by atoms with van der Waals surface area (Å²) in [6.07, 6.45) is 0. The van der Waals surface area contributed by atoms with Gasteiger partial charge in [0.05, 0.1) is 10.6 Å². The Bertz CT molecular complexity index is 527. The maximum Gasteiger partial charge on any atom is 0.300 e. The van der Waals surface area contributed by atoms with Crippen LogP contribution in [0.5, 0.6) is 0 Å². The quantitative estimate of drug-likeness (QED) is 0.499. The van der Waals surface area contributed by atoms with E-state index in [-0.39, 0.29) is 11.2 Å². The van der Waals surface area contributed by atoms with Gasteiger partial charge in [-0.1, -0.05) is 0 Å². The number of nitro benzene ring substituents is 1. The van der Waals surface area contributed by atoms with Crippen LogP contribution in [0.25, 0.3) is 11.0 Å². The van der Waals surface area contributed by atoms with Gasteiger partial charge in [0.25, 0.3) is 0 Å². The number of non-ortho nitro benzene ring substituents is 1. The normalized spacial score (nSPS) is 10.6. The van der Waals surface area contributed by atoms with Crippen LogP contribution in [-0.2, 0) is 0 Å². The molecule has 1 heterocycles. The Morgan fingerprint density at radius 2 is 2.19 bits per heavy atom. The minimum atomic E-state index is -0.530. The number of fused-ring (bicyclic) bond motifs is 1. The van der Waals surface area contributed by atoms with Gasteiger partial charge >= 0.3 is 5.69 Å². The Kier molecular flexibility index (Phi) is 2.86. The molecule has 0 aliphatic rings. The van der Waals surface area contributed by atoms with Crippen molar-refractivity contribution in [3.05, 3.63) is 22.2 Å². The molecule has 0 amide bonds. The first-order valence-electron chi connectivity index (χ1n) is 4.43. The van der Waals surface area contributed by atoms with Gasteiger partial charge in [0.1, 0.15) is 0 Å². The van der Waals surface area contributed by atoms with E-state index in [1.807, 2.05) is 0 Å². The number of nitrogens with zero attached hydrogens (tertiary/aromatic N) is 3. The predicted molar refractivity (Wildman–Crippen MR) is 57.7 cm³/mol. The van der Waals surface area contributed by atoms with Crippen molar-refractivity contribution in [2.45, 2.75) is 0 Å². The second-order valence-corrected chi connectivity index (χ2v) is 3.34. The molecule has 0 aliphatic carbocycles. The molecule has 8 heteroatoms. The Morgan fingerprint density at radius 1 is 1.44 bits per heavy atom. The van der Waals surface area contributed by atoms with Gasteiger partial charge in [0.15, 0.2) is 5.52 Å². The Labute approximate surface area is 94.5 Å². The molecule has 7 nitrogen and oxygen atoms in total. The monoisotopic (exact) mass is 242 g/mol. The number of hydrogen-bond acceptors (Lipinski definition) is 6. The topological polar surface area (TPSA) is 94.1 Å². The molecular formula is C8H7ClN4O3. The highest BCUT2D eigenvalue weighted by Crippen LogP contribution is 2.28. The number of nitro groups is 1. The molecule has 1 N–H and O–H groups in total. The number of benzene rings is 1. The Balaban J connectivity index is 2.50. The molecule has 0 saturated heterocycles. The maximum atomic E-state index is 10.7. The van der Waals surface area contributed by atoms with Gasteiger partial charge in [0, 0.05) is 18.5 Å². The van der Waals surface area contributed by atoms with E-state index in [4.69, 9.17) is 11.6 Å². The largest absolute Gasteiger partial charge is 0.382 e. The highest BCUT2D eigenvalue weighted by molar-refractivity contribution is 6.18. The molecule has 0 atom stereocenters. The molecule has 0 unspecified atom stereocenters. The van der Waals surface area contributed by atoms with Crippen molar-refractivity contribution in [2.75, 3.05) is 17.7 Å². The van der Waals surface area contributed by atoms with Crippen LogP contribution < -0.4 is 5.32 Å². The second-order valence-electron chi connectivity index (χ2n) is 2.97. The standard InChI is InChI=1S/C8H7ClN4O3/c9-3-4-10-5-1-2-6(13(14)15)8-7(5)11-16-12-8/h1-2,10H,3-4H2. The summed E-state index contributed by atoms with van der Waals surface area (Å²) in [5, 5.41) is 20.8. The second kappa shape index (κ2) is 4.31. The number of nitrogens with one attached hydrogen (secondary N) is 1. The van der Waals surface area contributed by atoms with Gasteiger partial charge in [-0.15, -0.1) is 11.6 Å². The molecule has 2 aromatic rings. The minimum Gasteiger partial charge on any atom is -0.382 e. The van der Waals surface area contributed by atoms with E-state index in [2.05, 4.69) is 20.3 Å². The van der Waals surface area contributed by atoms with Crippen molar-refractivity contribution >= 4 is 34.0 Å². The zero-order chi connectivity index (χ0) is 11.5. The van der Waals surface area contributed by atoms with Crippen molar-refractivity contribution < 1.29 is 9.55 Å². The summed E-state index contributed by atoms with van der Waals surface area (Å²) in [5.41, 5.74) is 0.944. The SMILES string of the molecule is O=[N+]([O-])c1ccc(NCCCl)c2nonc12. The Morgan fingerprint density at radius 3 is 2.88 bits per heavy atom. The lowest BCUT2D eigenvalue weighted by molar-refractivity contribution is -0.383. The lowest BCUT2D eigenvalue weighted by atomic mass is 10.2. The highest BCUT2D eigenvalue weighted by Gasteiger charge is 2.19. The van der Waals surface area contributed by atoms with Crippen LogP contribution in [0.2, 0.25) is 0 Å². The smallest absolute Gasteiger partial charge is 0.300 e. The third-order valence-electron chi connectivity index (χ3n) is 2.00. The fraction of sp³-hybridized carbons (Fsp3) is 0.250. The van der Waals surface area contributed by atoms with E-state index in [9.17, 15) is 10.1 Å². The van der Waals surface area contributed by atoms with Crippen LogP contribution in [-0.4, -0.2) is 27.7 Å². The van der Waals surface area contributed by atoms with Gasteiger partial charge < -0.3 is 5.32 Å². The molecule has 1 aromatic carbocycles. The molecule has 1 aromatic heterocycles. The molecule has 0 saturated carbocycles. The zero-order valence-electron chi connectivity index (χ0n) is 8.01. The molecule has 84 valence electrons. The number of rotatable bonds is 4. The number of anilines is 1. The summed E-state index contributed by atoms with van der Waals surface area (Å²) in [6, 6.07) is 2.90. The van der Waals surface area contributed by atoms with Crippen LogP contribution in [0.15, 0.2) is 16.8 Å². The maximum absolute atomic E-state index is 10.7. The van der Waals surface area contributed by atoms with E-state index in [0.717, 1.165) is 0 Å². The molecular weight excluding hydrogens is 236 g/mol. The molecule has 0 spiro atoms. The van der Waals surface area contributed by atoms with Crippen LogP contribution >= 0.6 is 11.6 Å². The number of aromatic nitrogens is 2. The first-order valence-corrected chi connectivity index (χ1v) is 4.97. The van der Waals surface area contributed by atoms with Gasteiger partial charge in [-0.2, -0.15) is 0 Å². The summed E-state index contributed by atoms with van der Waals surface area (Å²) in [7, 11) is 0. The third kappa shape index (κ3) is 1.76. The van der Waals surface area contributed by atoms with E-state index >= 15 is 0 Å². The molecule has 0 aliphatic heterocycles. The minimum absolute atomic E-state index is 0.129. The number of halogens is 1. The highest BCUT2D eigenvalue weighted by atomic mass is 35.5. The fourth-order valence-electron chi connectivity index (χ4n) is 1.33. The fourth-order valence-corrected chi connectivity index (χ4v) is 1.42. The average molecular weight is 243 g/mol. The van der Waals surface area contributed by atoms with Gasteiger partial charge in [-0.25, -0.2) is 4.63 Å². The lowest BCUT2D eigenvalue weighted by Gasteiger charge is -2.02. The first-order chi connectivity index (χ1) is 7.74. The van der Waals surface area contributed by atoms with Crippen molar-refractivity contribution in [3.63, 3.8) is 0 Å². The van der Waals surface area contributed by atoms with Crippen molar-refractivity contribution in [1.82, 2.24) is 10.3 Å².